The molecule has 2 rings (SSSR count). The van der Waals surface area contributed by atoms with Crippen LogP contribution in [0.3, 0.4) is 0 Å². The lowest BCUT2D eigenvalue weighted by atomic mass is 10.1. The molecule has 1 heterocycles. The van der Waals surface area contributed by atoms with Gasteiger partial charge in [0.15, 0.2) is 0 Å². The number of nitrogens with one attached hydrogen (secondary N) is 1. The number of benzene rings is 1. The van der Waals surface area contributed by atoms with Gasteiger partial charge in [-0.15, -0.1) is 0 Å². The molecule has 0 unspecified atom stereocenters. The highest BCUT2D eigenvalue weighted by Crippen LogP contribution is 2.23. The van der Waals surface area contributed by atoms with Crippen LogP contribution in [-0.4, -0.2) is 10.8 Å². The minimum absolute atomic E-state index is 0.0686. The molecule has 0 aliphatic carbocycles. The number of rotatable bonds is 3. The summed E-state index contributed by atoms with van der Waals surface area (Å²) in [6.45, 7) is 4.04. The number of hydrogen-bond acceptors (Lipinski definition) is 3. The highest BCUT2D eigenvalue weighted by atomic mass is 16.5. The molecule has 0 atom stereocenters. The van der Waals surface area contributed by atoms with Crippen molar-refractivity contribution < 1.29 is 4.74 Å². The van der Waals surface area contributed by atoms with E-state index in [4.69, 9.17) is 15.9 Å². The molecular formula is C14H15N3O. The molecule has 0 radical (unpaired) electrons. The number of ether oxygens (including phenoxy) is 1. The molecule has 0 fully saturated rings. The molecule has 0 aliphatic rings. The maximum absolute atomic E-state index is 7.34. The summed E-state index contributed by atoms with van der Waals surface area (Å²) in [6.07, 6.45) is 1.58. The molecule has 0 saturated carbocycles. The predicted molar refractivity (Wildman–Crippen MR) is 71.2 cm³/mol. The second-order valence-corrected chi connectivity index (χ2v) is 4.22. The van der Waals surface area contributed by atoms with Gasteiger partial charge in [-0.2, -0.15) is 0 Å². The Hall–Kier alpha value is -2.36. The first-order valence-electron chi connectivity index (χ1n) is 5.61. The van der Waals surface area contributed by atoms with Gasteiger partial charge in [0, 0.05) is 12.3 Å². The number of amidine groups is 1. The van der Waals surface area contributed by atoms with Gasteiger partial charge >= 0.3 is 0 Å². The summed E-state index contributed by atoms with van der Waals surface area (Å²) in [5, 5.41) is 7.34. The monoisotopic (exact) mass is 241 g/mol. The van der Waals surface area contributed by atoms with E-state index in [1.807, 2.05) is 26.0 Å². The lowest BCUT2D eigenvalue weighted by Gasteiger charge is -2.08. The minimum atomic E-state index is -0.0686. The summed E-state index contributed by atoms with van der Waals surface area (Å²) < 4.78 is 5.74. The van der Waals surface area contributed by atoms with Crippen molar-refractivity contribution in [2.45, 2.75) is 13.8 Å². The smallest absolute Gasteiger partial charge is 0.141 e. The van der Waals surface area contributed by atoms with Gasteiger partial charge in [-0.25, -0.2) is 0 Å². The van der Waals surface area contributed by atoms with Crippen LogP contribution in [0, 0.1) is 19.3 Å². The van der Waals surface area contributed by atoms with Crippen LogP contribution in [0.1, 0.15) is 16.8 Å². The van der Waals surface area contributed by atoms with Crippen LogP contribution in [0.15, 0.2) is 36.5 Å². The normalized spacial score (nSPS) is 10.1. The van der Waals surface area contributed by atoms with Crippen LogP contribution in [0.4, 0.5) is 0 Å². The van der Waals surface area contributed by atoms with Gasteiger partial charge in [0.2, 0.25) is 0 Å². The summed E-state index contributed by atoms with van der Waals surface area (Å²) in [5.74, 6) is 1.33. The van der Waals surface area contributed by atoms with E-state index in [0.29, 0.717) is 11.4 Å². The number of nitrogens with two attached hydrogens (primary N) is 1. The Balaban J connectivity index is 2.28. The van der Waals surface area contributed by atoms with Crippen molar-refractivity contribution >= 4 is 5.84 Å². The van der Waals surface area contributed by atoms with Crippen LogP contribution in [0.5, 0.6) is 11.5 Å². The first kappa shape index (κ1) is 12.1. The highest BCUT2D eigenvalue weighted by Gasteiger charge is 2.03. The lowest BCUT2D eigenvalue weighted by molar-refractivity contribution is 0.481. The van der Waals surface area contributed by atoms with E-state index in [0.717, 1.165) is 16.9 Å². The summed E-state index contributed by atoms with van der Waals surface area (Å²) >= 11 is 0. The zero-order chi connectivity index (χ0) is 13.1. The van der Waals surface area contributed by atoms with Gasteiger partial charge in [-0.3, -0.25) is 10.4 Å². The summed E-state index contributed by atoms with van der Waals surface area (Å²) in [4.78, 5) is 3.99. The predicted octanol–water partition coefficient (Wildman–Crippen LogP) is 2.77. The standard InChI is InChI=1S/C14H15N3O/c1-9-5-10(2)7-12(6-9)18-11-3-4-17-13(8-11)14(15)16/h3-8H,1-2H3,(H3,15,16). The van der Waals surface area contributed by atoms with Crippen molar-refractivity contribution in [1.82, 2.24) is 4.98 Å². The fourth-order valence-corrected chi connectivity index (χ4v) is 1.75. The molecule has 92 valence electrons. The van der Waals surface area contributed by atoms with Gasteiger partial charge in [-0.05, 0) is 43.2 Å². The minimum Gasteiger partial charge on any atom is -0.457 e. The molecule has 1 aromatic carbocycles. The van der Waals surface area contributed by atoms with Crippen LogP contribution in [-0.2, 0) is 0 Å². The van der Waals surface area contributed by atoms with E-state index < -0.39 is 0 Å². The van der Waals surface area contributed by atoms with Crippen LogP contribution in [0.2, 0.25) is 0 Å². The Morgan fingerprint density at radius 2 is 1.78 bits per heavy atom. The molecule has 0 bridgehead atoms. The third-order valence-corrected chi connectivity index (χ3v) is 2.44. The molecule has 0 amide bonds. The van der Waals surface area contributed by atoms with Crippen molar-refractivity contribution in [2.24, 2.45) is 5.73 Å². The molecule has 18 heavy (non-hydrogen) atoms. The maximum Gasteiger partial charge on any atom is 0.141 e. The molecule has 2 aromatic rings. The Labute approximate surface area is 106 Å². The number of nitrogens with zero attached hydrogens (tertiary/aromatic N) is 1. The molecule has 4 heteroatoms. The first-order valence-corrected chi connectivity index (χ1v) is 5.61. The van der Waals surface area contributed by atoms with Crippen molar-refractivity contribution in [3.63, 3.8) is 0 Å². The average Bonchev–Trinajstić information content (AvgIpc) is 2.27. The van der Waals surface area contributed by atoms with Crippen molar-refractivity contribution in [3.8, 4) is 11.5 Å². The van der Waals surface area contributed by atoms with E-state index in [1.165, 1.54) is 0 Å². The molecule has 0 saturated heterocycles. The highest BCUT2D eigenvalue weighted by molar-refractivity contribution is 5.93. The van der Waals surface area contributed by atoms with Crippen LogP contribution >= 0.6 is 0 Å². The summed E-state index contributed by atoms with van der Waals surface area (Å²) in [5.41, 5.74) is 8.09. The van der Waals surface area contributed by atoms with Crippen molar-refractivity contribution in [3.05, 3.63) is 53.3 Å². The third-order valence-electron chi connectivity index (χ3n) is 2.44. The zero-order valence-electron chi connectivity index (χ0n) is 10.4. The van der Waals surface area contributed by atoms with Gasteiger partial charge in [-0.1, -0.05) is 6.07 Å². The van der Waals surface area contributed by atoms with E-state index in [1.54, 1.807) is 18.3 Å². The largest absolute Gasteiger partial charge is 0.457 e. The molecular weight excluding hydrogens is 226 g/mol. The topological polar surface area (TPSA) is 72.0 Å². The second-order valence-electron chi connectivity index (χ2n) is 4.22. The van der Waals surface area contributed by atoms with Gasteiger partial charge in [0.1, 0.15) is 23.0 Å². The zero-order valence-corrected chi connectivity index (χ0v) is 10.4. The van der Waals surface area contributed by atoms with Crippen molar-refractivity contribution in [1.29, 1.82) is 5.41 Å². The number of hydrogen-bond donors (Lipinski definition) is 2. The molecule has 0 aliphatic heterocycles. The van der Waals surface area contributed by atoms with Gasteiger partial charge < -0.3 is 10.5 Å². The van der Waals surface area contributed by atoms with Crippen LogP contribution < -0.4 is 10.5 Å². The quantitative estimate of drug-likeness (QED) is 0.641. The summed E-state index contributed by atoms with van der Waals surface area (Å²) in [6, 6.07) is 9.40. The van der Waals surface area contributed by atoms with E-state index in [-0.39, 0.29) is 5.84 Å². The SMILES string of the molecule is Cc1cc(C)cc(Oc2ccnc(C(=N)N)c2)c1. The van der Waals surface area contributed by atoms with Gasteiger partial charge in [0.25, 0.3) is 0 Å². The molecule has 3 N–H and O–H groups in total. The number of aromatic nitrogens is 1. The fraction of sp³-hybridized carbons (Fsp3) is 0.143. The van der Waals surface area contributed by atoms with Crippen molar-refractivity contribution in [2.75, 3.05) is 0 Å². The van der Waals surface area contributed by atoms with E-state index in [9.17, 15) is 0 Å². The molecule has 0 spiro atoms. The second kappa shape index (κ2) is 4.87. The third kappa shape index (κ3) is 2.85. The average molecular weight is 241 g/mol. The number of nitrogen functional groups attached to an aromatic ring is 1. The Morgan fingerprint density at radius 1 is 1.11 bits per heavy atom. The van der Waals surface area contributed by atoms with E-state index in [2.05, 4.69) is 11.1 Å². The first-order chi connectivity index (χ1) is 8.54. The molecule has 1 aromatic heterocycles. The Kier molecular flexibility index (Phi) is 3.28. The Bertz CT molecular complexity index is 573. The fourth-order valence-electron chi connectivity index (χ4n) is 1.75. The van der Waals surface area contributed by atoms with E-state index >= 15 is 0 Å². The Morgan fingerprint density at radius 3 is 2.39 bits per heavy atom. The molecule has 4 nitrogen and oxygen atoms in total. The lowest BCUT2D eigenvalue weighted by Crippen LogP contribution is -2.12. The number of pyridine rings is 1. The maximum atomic E-state index is 7.34. The summed E-state index contributed by atoms with van der Waals surface area (Å²) in [7, 11) is 0. The van der Waals surface area contributed by atoms with Crippen LogP contribution in [0.25, 0.3) is 0 Å². The number of aryl methyl sites for hydroxylation is 2. The van der Waals surface area contributed by atoms with Gasteiger partial charge in [0.05, 0.1) is 0 Å².